The minimum absolute atomic E-state index is 0.00640. The minimum Gasteiger partial charge on any atom is -0.335 e. The molecular formula is C23H24ClN5O. The highest BCUT2D eigenvalue weighted by molar-refractivity contribution is 6.30. The number of rotatable bonds is 3. The van der Waals surface area contributed by atoms with Crippen LogP contribution in [0.25, 0.3) is 4.85 Å². The Bertz CT molecular complexity index is 988. The summed E-state index contributed by atoms with van der Waals surface area (Å²) in [5.41, 5.74) is 9.83. The van der Waals surface area contributed by atoms with E-state index in [4.69, 9.17) is 18.2 Å². The lowest BCUT2D eigenvalue weighted by Crippen LogP contribution is -2.60. The molecule has 154 valence electrons. The second-order valence-electron chi connectivity index (χ2n) is 8.54. The summed E-state index contributed by atoms with van der Waals surface area (Å²) < 4.78 is 0. The zero-order chi connectivity index (χ0) is 20.7. The number of nitrogens with one attached hydrogen (secondary N) is 3. The Kier molecular flexibility index (Phi) is 5.11. The first-order chi connectivity index (χ1) is 14.6. The monoisotopic (exact) mass is 421 g/mol. The number of hydrogen-bond donors (Lipinski definition) is 3. The van der Waals surface area contributed by atoms with Gasteiger partial charge in [-0.2, -0.15) is 0 Å². The summed E-state index contributed by atoms with van der Waals surface area (Å²) in [5.74, 6) is 0.864. The van der Waals surface area contributed by atoms with Crippen molar-refractivity contribution in [3.05, 3.63) is 76.1 Å². The van der Waals surface area contributed by atoms with Gasteiger partial charge in [0, 0.05) is 30.2 Å². The first-order valence-electron chi connectivity index (χ1n) is 10.4. The summed E-state index contributed by atoms with van der Waals surface area (Å²) in [6.45, 7) is 8.48. The molecule has 2 aliphatic heterocycles. The average Bonchev–Trinajstić information content (AvgIpc) is 3.15. The number of carbonyl (C=O) groups excluding carboxylic acids is 1. The van der Waals surface area contributed by atoms with Crippen LogP contribution in [0.3, 0.4) is 0 Å². The van der Waals surface area contributed by atoms with Crippen LogP contribution < -0.4 is 16.2 Å². The van der Waals surface area contributed by atoms with Gasteiger partial charge in [-0.25, -0.2) is 15.1 Å². The molecule has 7 heteroatoms. The van der Waals surface area contributed by atoms with Gasteiger partial charge in [0.25, 0.3) is 0 Å². The van der Waals surface area contributed by atoms with Crippen molar-refractivity contribution in [2.75, 3.05) is 6.54 Å². The number of nitrogens with zero attached hydrogens (tertiary/aromatic N) is 2. The Morgan fingerprint density at radius 2 is 1.93 bits per heavy atom. The third-order valence-electron chi connectivity index (χ3n) is 6.72. The highest BCUT2D eigenvalue weighted by atomic mass is 35.5. The molecule has 3 N–H and O–H groups in total. The van der Waals surface area contributed by atoms with Crippen molar-refractivity contribution in [1.29, 1.82) is 0 Å². The van der Waals surface area contributed by atoms with Crippen molar-refractivity contribution in [3.8, 4) is 0 Å². The molecule has 5 rings (SSSR count). The summed E-state index contributed by atoms with van der Waals surface area (Å²) in [6, 6.07) is 16.3. The van der Waals surface area contributed by atoms with E-state index in [1.807, 2.05) is 41.3 Å². The van der Waals surface area contributed by atoms with E-state index in [0.717, 1.165) is 24.9 Å². The SMILES string of the molecule is [C-]#[N+]c1ccc(C2NNC3CC4NC(=O)N(Cc5cccc(Cl)c5)CC4CC32)cc1. The van der Waals surface area contributed by atoms with E-state index in [2.05, 4.69) is 33.1 Å². The molecule has 2 heterocycles. The molecule has 2 aromatic rings. The van der Waals surface area contributed by atoms with Crippen LogP contribution in [0.1, 0.15) is 30.0 Å². The minimum atomic E-state index is 0.00640. The zero-order valence-electron chi connectivity index (χ0n) is 16.5. The Morgan fingerprint density at radius 1 is 1.10 bits per heavy atom. The van der Waals surface area contributed by atoms with Crippen LogP contribution in [-0.4, -0.2) is 29.6 Å². The summed E-state index contributed by atoms with van der Waals surface area (Å²) in [7, 11) is 0. The maximum Gasteiger partial charge on any atom is 0.317 e. The van der Waals surface area contributed by atoms with Crippen LogP contribution in [0.5, 0.6) is 0 Å². The van der Waals surface area contributed by atoms with E-state index in [1.54, 1.807) is 0 Å². The van der Waals surface area contributed by atoms with Gasteiger partial charge >= 0.3 is 6.03 Å². The molecule has 0 aromatic heterocycles. The van der Waals surface area contributed by atoms with Crippen LogP contribution >= 0.6 is 11.6 Å². The van der Waals surface area contributed by atoms with E-state index in [-0.39, 0.29) is 18.1 Å². The van der Waals surface area contributed by atoms with E-state index in [1.165, 1.54) is 5.56 Å². The lowest BCUT2D eigenvalue weighted by atomic mass is 9.71. The number of hydrogen-bond acceptors (Lipinski definition) is 3. The van der Waals surface area contributed by atoms with Gasteiger partial charge in [-0.3, -0.25) is 5.43 Å². The summed E-state index contributed by atoms with van der Waals surface area (Å²) in [4.78, 5) is 18.1. The van der Waals surface area contributed by atoms with Gasteiger partial charge in [0.2, 0.25) is 0 Å². The van der Waals surface area contributed by atoms with Crippen molar-refractivity contribution in [2.45, 2.75) is 37.5 Å². The lowest BCUT2D eigenvalue weighted by molar-refractivity contribution is 0.0962. The highest BCUT2D eigenvalue weighted by Crippen LogP contribution is 2.42. The second-order valence-corrected chi connectivity index (χ2v) is 8.97. The van der Waals surface area contributed by atoms with Crippen LogP contribution in [-0.2, 0) is 6.54 Å². The number of carbonyl (C=O) groups is 1. The molecule has 0 spiro atoms. The van der Waals surface area contributed by atoms with Gasteiger partial charge < -0.3 is 10.2 Å². The topological polar surface area (TPSA) is 60.8 Å². The van der Waals surface area contributed by atoms with Gasteiger partial charge in [-0.15, -0.1) is 0 Å². The molecule has 5 atom stereocenters. The molecule has 1 saturated carbocycles. The van der Waals surface area contributed by atoms with E-state index in [9.17, 15) is 4.79 Å². The molecule has 0 radical (unpaired) electrons. The Hall–Kier alpha value is -2.59. The Balaban J connectivity index is 1.30. The second kappa shape index (κ2) is 7.92. The average molecular weight is 422 g/mol. The number of benzene rings is 2. The van der Waals surface area contributed by atoms with Gasteiger partial charge in [-0.1, -0.05) is 48.0 Å². The molecule has 30 heavy (non-hydrogen) atoms. The predicted octanol–water partition coefficient (Wildman–Crippen LogP) is 4.03. The quantitative estimate of drug-likeness (QED) is 0.656. The molecule has 2 aromatic carbocycles. The third-order valence-corrected chi connectivity index (χ3v) is 6.95. The molecule has 3 aliphatic rings. The number of amides is 2. The van der Waals surface area contributed by atoms with Gasteiger partial charge in [-0.05, 0) is 47.9 Å². The summed E-state index contributed by atoms with van der Waals surface area (Å²) >= 11 is 6.11. The Labute approximate surface area is 181 Å². The van der Waals surface area contributed by atoms with Gasteiger partial charge in [0.1, 0.15) is 0 Å². The number of fused-ring (bicyclic) bond motifs is 2. The molecule has 3 fully saturated rings. The molecule has 2 amide bonds. The number of hydrazine groups is 1. The predicted molar refractivity (Wildman–Crippen MR) is 116 cm³/mol. The fraction of sp³-hybridized carbons (Fsp3) is 0.391. The van der Waals surface area contributed by atoms with E-state index < -0.39 is 0 Å². The van der Waals surface area contributed by atoms with E-state index >= 15 is 0 Å². The summed E-state index contributed by atoms with van der Waals surface area (Å²) in [5, 5.41) is 3.93. The van der Waals surface area contributed by atoms with Crippen molar-refractivity contribution in [1.82, 2.24) is 21.1 Å². The van der Waals surface area contributed by atoms with Gasteiger partial charge in [0.15, 0.2) is 5.69 Å². The van der Waals surface area contributed by atoms with Crippen molar-refractivity contribution < 1.29 is 4.79 Å². The first kappa shape index (κ1) is 19.4. The van der Waals surface area contributed by atoms with Gasteiger partial charge in [0.05, 0.1) is 12.6 Å². The first-order valence-corrected chi connectivity index (χ1v) is 10.8. The molecule has 5 unspecified atom stereocenters. The fourth-order valence-electron chi connectivity index (χ4n) is 5.23. The maximum atomic E-state index is 12.7. The van der Waals surface area contributed by atoms with Crippen LogP contribution in [0.2, 0.25) is 5.02 Å². The largest absolute Gasteiger partial charge is 0.335 e. The zero-order valence-corrected chi connectivity index (χ0v) is 17.3. The van der Waals surface area contributed by atoms with Crippen LogP contribution in [0.4, 0.5) is 10.5 Å². The van der Waals surface area contributed by atoms with Crippen molar-refractivity contribution >= 4 is 23.3 Å². The molecule has 1 aliphatic carbocycles. The molecular weight excluding hydrogens is 398 g/mol. The number of halogens is 1. The maximum absolute atomic E-state index is 12.7. The van der Waals surface area contributed by atoms with Crippen LogP contribution in [0, 0.1) is 18.4 Å². The normalized spacial score (nSPS) is 30.2. The van der Waals surface area contributed by atoms with Crippen molar-refractivity contribution in [3.63, 3.8) is 0 Å². The molecule has 6 nitrogen and oxygen atoms in total. The molecule has 0 bridgehead atoms. The summed E-state index contributed by atoms with van der Waals surface area (Å²) in [6.07, 6.45) is 1.96. The third kappa shape index (κ3) is 3.65. The Morgan fingerprint density at radius 3 is 2.70 bits per heavy atom. The van der Waals surface area contributed by atoms with Crippen LogP contribution in [0.15, 0.2) is 48.5 Å². The smallest absolute Gasteiger partial charge is 0.317 e. The number of urea groups is 1. The lowest BCUT2D eigenvalue weighted by Gasteiger charge is -2.45. The fourth-order valence-corrected chi connectivity index (χ4v) is 5.44. The molecule has 2 saturated heterocycles. The van der Waals surface area contributed by atoms with E-state index in [0.29, 0.717) is 35.1 Å². The standard InChI is InChI=1S/C23H24ClN5O/c1-25-18-7-5-15(6-8-18)22-19-10-16-13-29(12-14-3-2-4-17(24)9-14)23(30)26-20(16)11-21(19)27-28-22/h2-9,16,19-22,27-28H,10-13H2,(H,26,30). The van der Waals surface area contributed by atoms with Crippen molar-refractivity contribution in [2.24, 2.45) is 11.8 Å². The highest BCUT2D eigenvalue weighted by Gasteiger charge is 2.47.